The Labute approximate surface area is 95.0 Å². The van der Waals surface area contributed by atoms with E-state index >= 15 is 0 Å². The van der Waals surface area contributed by atoms with Crippen LogP contribution in [0.2, 0.25) is 0 Å². The molecule has 15 heavy (non-hydrogen) atoms. The second-order valence-electron chi connectivity index (χ2n) is 2.97. The number of rotatable bonds is 2. The predicted octanol–water partition coefficient (Wildman–Crippen LogP) is 2.75. The summed E-state index contributed by atoms with van der Waals surface area (Å²) in [6, 6.07) is 4.75. The first kappa shape index (κ1) is 11.7. The van der Waals surface area contributed by atoms with Gasteiger partial charge in [-0.25, -0.2) is 4.39 Å². The number of amides is 1. The highest BCUT2D eigenvalue weighted by molar-refractivity contribution is 9.10. The van der Waals surface area contributed by atoms with Gasteiger partial charge in [-0.05, 0) is 24.6 Å². The van der Waals surface area contributed by atoms with Crippen LogP contribution in [0.5, 0.6) is 0 Å². The van der Waals surface area contributed by atoms with Crippen LogP contribution < -0.4 is 5.32 Å². The van der Waals surface area contributed by atoms with Crippen molar-refractivity contribution in [3.8, 4) is 6.07 Å². The largest absolute Gasteiger partial charge is 0.323 e. The van der Waals surface area contributed by atoms with Crippen LogP contribution in [0.15, 0.2) is 16.6 Å². The van der Waals surface area contributed by atoms with Gasteiger partial charge in [0.25, 0.3) is 0 Å². The lowest BCUT2D eigenvalue weighted by molar-refractivity contribution is -0.115. The minimum atomic E-state index is -0.520. The lowest BCUT2D eigenvalue weighted by atomic mass is 10.2. The monoisotopic (exact) mass is 270 g/mol. The fraction of sp³-hybridized carbons (Fsp3) is 0.200. The van der Waals surface area contributed by atoms with E-state index in [1.165, 1.54) is 6.07 Å². The van der Waals surface area contributed by atoms with Crippen molar-refractivity contribution in [2.45, 2.75) is 13.3 Å². The van der Waals surface area contributed by atoms with Gasteiger partial charge in [0, 0.05) is 4.47 Å². The molecule has 1 aromatic rings. The summed E-state index contributed by atoms with van der Waals surface area (Å²) in [5.74, 6) is -1.00. The molecule has 0 bridgehead atoms. The Morgan fingerprint density at radius 3 is 2.93 bits per heavy atom. The first-order valence-corrected chi connectivity index (χ1v) is 4.96. The Morgan fingerprint density at radius 1 is 1.67 bits per heavy atom. The van der Waals surface area contributed by atoms with Gasteiger partial charge in [0.2, 0.25) is 5.91 Å². The summed E-state index contributed by atoms with van der Waals surface area (Å²) in [4.78, 5) is 11.1. The number of anilines is 1. The van der Waals surface area contributed by atoms with Crippen molar-refractivity contribution in [3.05, 3.63) is 28.0 Å². The third-order valence-electron chi connectivity index (χ3n) is 1.73. The Morgan fingerprint density at radius 2 is 2.33 bits per heavy atom. The summed E-state index contributed by atoms with van der Waals surface area (Å²) in [6.07, 6.45) is -0.287. The Balaban J connectivity index is 2.95. The van der Waals surface area contributed by atoms with Crippen LogP contribution >= 0.6 is 15.9 Å². The molecule has 1 rings (SSSR count). The zero-order chi connectivity index (χ0) is 11.4. The molecule has 0 fully saturated rings. The van der Waals surface area contributed by atoms with E-state index in [9.17, 15) is 9.18 Å². The number of nitrogens with zero attached hydrogens (tertiary/aromatic N) is 1. The molecule has 0 heterocycles. The number of halogens is 2. The van der Waals surface area contributed by atoms with Gasteiger partial charge in [-0.1, -0.05) is 15.9 Å². The van der Waals surface area contributed by atoms with Gasteiger partial charge in [0.05, 0.1) is 11.8 Å². The third kappa shape index (κ3) is 3.03. The van der Waals surface area contributed by atoms with Crippen LogP contribution in [-0.2, 0) is 4.79 Å². The predicted molar refractivity (Wildman–Crippen MR) is 57.7 cm³/mol. The van der Waals surface area contributed by atoms with Crippen LogP contribution in [0.25, 0.3) is 0 Å². The van der Waals surface area contributed by atoms with Crippen LogP contribution in [0, 0.1) is 24.1 Å². The molecule has 3 nitrogen and oxygen atoms in total. The summed E-state index contributed by atoms with van der Waals surface area (Å²) in [6.45, 7) is 1.60. The van der Waals surface area contributed by atoms with Gasteiger partial charge in [-0.3, -0.25) is 4.79 Å². The van der Waals surface area contributed by atoms with Crippen molar-refractivity contribution in [2.75, 3.05) is 5.32 Å². The molecule has 5 heteroatoms. The molecule has 0 radical (unpaired) electrons. The number of benzene rings is 1. The molecule has 1 aromatic carbocycles. The molecule has 0 unspecified atom stereocenters. The van der Waals surface area contributed by atoms with Gasteiger partial charge >= 0.3 is 0 Å². The van der Waals surface area contributed by atoms with Gasteiger partial charge < -0.3 is 5.32 Å². The molecule has 0 aromatic heterocycles. The van der Waals surface area contributed by atoms with Crippen LogP contribution in [0.1, 0.15) is 12.0 Å². The fourth-order valence-corrected chi connectivity index (χ4v) is 1.65. The number of nitrogens with one attached hydrogen (secondary N) is 1. The highest BCUT2D eigenvalue weighted by Crippen LogP contribution is 2.23. The van der Waals surface area contributed by atoms with E-state index in [2.05, 4.69) is 21.2 Å². The molecule has 1 amide bonds. The van der Waals surface area contributed by atoms with Crippen molar-refractivity contribution < 1.29 is 9.18 Å². The standard InChI is InChI=1S/C10H8BrFN2O/c1-6-4-7(11)5-8(10(6)12)14-9(15)2-3-13/h4-5H,2H2,1H3,(H,14,15). The van der Waals surface area contributed by atoms with E-state index < -0.39 is 11.7 Å². The molecule has 0 atom stereocenters. The van der Waals surface area contributed by atoms with Crippen LogP contribution in [0.4, 0.5) is 10.1 Å². The van der Waals surface area contributed by atoms with E-state index in [0.717, 1.165) is 0 Å². The summed E-state index contributed by atoms with van der Waals surface area (Å²) in [5, 5.41) is 10.6. The average molecular weight is 271 g/mol. The molecule has 0 aliphatic rings. The van der Waals surface area contributed by atoms with Crippen molar-refractivity contribution in [2.24, 2.45) is 0 Å². The van der Waals surface area contributed by atoms with E-state index in [-0.39, 0.29) is 12.1 Å². The second-order valence-corrected chi connectivity index (χ2v) is 3.88. The highest BCUT2D eigenvalue weighted by atomic mass is 79.9. The second kappa shape index (κ2) is 4.89. The van der Waals surface area contributed by atoms with Gasteiger partial charge in [0.15, 0.2) is 0 Å². The Hall–Kier alpha value is -1.41. The van der Waals surface area contributed by atoms with Crippen molar-refractivity contribution in [1.29, 1.82) is 5.26 Å². The van der Waals surface area contributed by atoms with E-state index in [4.69, 9.17) is 5.26 Å². The number of carbonyl (C=O) groups is 1. The third-order valence-corrected chi connectivity index (χ3v) is 2.19. The minimum Gasteiger partial charge on any atom is -0.323 e. The van der Waals surface area contributed by atoms with Crippen molar-refractivity contribution >= 4 is 27.5 Å². The maximum absolute atomic E-state index is 13.5. The van der Waals surface area contributed by atoms with Gasteiger partial charge in [0.1, 0.15) is 12.2 Å². The molecule has 1 N–H and O–H groups in total. The van der Waals surface area contributed by atoms with Gasteiger partial charge in [-0.2, -0.15) is 5.26 Å². The normalized spacial score (nSPS) is 9.47. The lowest BCUT2D eigenvalue weighted by Gasteiger charge is -2.07. The number of hydrogen-bond acceptors (Lipinski definition) is 2. The Kier molecular flexibility index (Phi) is 3.81. The summed E-state index contributed by atoms with van der Waals surface area (Å²) in [5.41, 5.74) is 0.513. The van der Waals surface area contributed by atoms with Crippen molar-refractivity contribution in [1.82, 2.24) is 0 Å². The maximum Gasteiger partial charge on any atom is 0.238 e. The molecular formula is C10H8BrFN2O. The topological polar surface area (TPSA) is 52.9 Å². The maximum atomic E-state index is 13.5. The van der Waals surface area contributed by atoms with Gasteiger partial charge in [-0.15, -0.1) is 0 Å². The fourth-order valence-electron chi connectivity index (χ4n) is 1.08. The molecule has 0 spiro atoms. The van der Waals surface area contributed by atoms with Crippen LogP contribution in [-0.4, -0.2) is 5.91 Å². The molecule has 78 valence electrons. The average Bonchev–Trinajstić information content (AvgIpc) is 2.13. The quantitative estimate of drug-likeness (QED) is 0.899. The zero-order valence-corrected chi connectivity index (χ0v) is 9.56. The van der Waals surface area contributed by atoms with Crippen LogP contribution in [0.3, 0.4) is 0 Å². The van der Waals surface area contributed by atoms with E-state index in [1.807, 2.05) is 0 Å². The number of nitriles is 1. The highest BCUT2D eigenvalue weighted by Gasteiger charge is 2.09. The SMILES string of the molecule is Cc1cc(Br)cc(NC(=O)CC#N)c1F. The molecular weight excluding hydrogens is 263 g/mol. The summed E-state index contributed by atoms with van der Waals surface area (Å²) >= 11 is 3.19. The number of aryl methyl sites for hydroxylation is 1. The lowest BCUT2D eigenvalue weighted by Crippen LogP contribution is -2.11. The summed E-state index contributed by atoms with van der Waals surface area (Å²) in [7, 11) is 0. The smallest absolute Gasteiger partial charge is 0.238 e. The minimum absolute atomic E-state index is 0.0853. The molecule has 0 aliphatic heterocycles. The number of carbonyl (C=O) groups excluding carboxylic acids is 1. The zero-order valence-electron chi connectivity index (χ0n) is 7.97. The van der Waals surface area contributed by atoms with E-state index in [0.29, 0.717) is 10.0 Å². The first-order chi connectivity index (χ1) is 7.04. The molecule has 0 saturated heterocycles. The summed E-state index contributed by atoms with van der Waals surface area (Å²) < 4.78 is 14.1. The van der Waals surface area contributed by atoms with Crippen molar-refractivity contribution in [3.63, 3.8) is 0 Å². The Bertz CT molecular complexity index is 440. The first-order valence-electron chi connectivity index (χ1n) is 4.17. The number of hydrogen-bond donors (Lipinski definition) is 1. The molecule has 0 saturated carbocycles. The molecule has 0 aliphatic carbocycles. The van der Waals surface area contributed by atoms with E-state index in [1.54, 1.807) is 19.1 Å².